The van der Waals surface area contributed by atoms with Gasteiger partial charge in [-0.3, -0.25) is 4.79 Å². The zero-order valence-corrected chi connectivity index (χ0v) is 11.5. The Labute approximate surface area is 116 Å². The number of alkyl halides is 2. The van der Waals surface area contributed by atoms with Crippen LogP contribution >= 0.6 is 12.4 Å². The minimum absolute atomic E-state index is 0. The zero-order chi connectivity index (χ0) is 13.5. The molecule has 1 amide bonds. The number of rotatable bonds is 6. The first kappa shape index (κ1) is 17.6. The minimum atomic E-state index is -2.90. The van der Waals surface area contributed by atoms with Gasteiger partial charge in [0.1, 0.15) is 5.75 Å². The molecule has 7 heteroatoms. The number of nitrogens with one attached hydrogen (secondary N) is 2. The predicted molar refractivity (Wildman–Crippen MR) is 71.2 cm³/mol. The first-order valence-corrected chi connectivity index (χ1v) is 5.53. The van der Waals surface area contributed by atoms with E-state index in [-0.39, 0.29) is 35.7 Å². The Morgan fingerprint density at radius 2 is 2.11 bits per heavy atom. The van der Waals surface area contributed by atoms with E-state index in [2.05, 4.69) is 15.4 Å². The lowest BCUT2D eigenvalue weighted by Crippen LogP contribution is -2.37. The number of ether oxygens (including phenoxy) is 1. The van der Waals surface area contributed by atoms with Crippen LogP contribution in [0.25, 0.3) is 0 Å². The first-order valence-electron chi connectivity index (χ1n) is 5.53. The van der Waals surface area contributed by atoms with E-state index in [9.17, 15) is 13.6 Å². The van der Waals surface area contributed by atoms with E-state index in [0.717, 1.165) is 0 Å². The van der Waals surface area contributed by atoms with Crippen molar-refractivity contribution < 1.29 is 18.3 Å². The summed E-state index contributed by atoms with van der Waals surface area (Å²) in [5.74, 6) is -0.351. The fourth-order valence-electron chi connectivity index (χ4n) is 1.26. The van der Waals surface area contributed by atoms with E-state index in [1.807, 2.05) is 6.92 Å². The van der Waals surface area contributed by atoms with Crippen molar-refractivity contribution in [3.05, 3.63) is 29.8 Å². The molecule has 2 N–H and O–H groups in total. The number of carbonyl (C=O) groups is 1. The maximum absolute atomic E-state index is 12.0. The van der Waals surface area contributed by atoms with Gasteiger partial charge in [0, 0.05) is 18.2 Å². The molecule has 1 aromatic carbocycles. The van der Waals surface area contributed by atoms with Gasteiger partial charge in [-0.15, -0.1) is 12.4 Å². The van der Waals surface area contributed by atoms with Crippen LogP contribution in [-0.4, -0.2) is 32.2 Å². The van der Waals surface area contributed by atoms with Gasteiger partial charge in [0.25, 0.3) is 5.91 Å². The Hall–Kier alpha value is -1.40. The Morgan fingerprint density at radius 3 is 2.68 bits per heavy atom. The Balaban J connectivity index is 0.00000324. The zero-order valence-electron chi connectivity index (χ0n) is 10.7. The van der Waals surface area contributed by atoms with E-state index in [1.165, 1.54) is 24.3 Å². The van der Waals surface area contributed by atoms with Gasteiger partial charge in [0.15, 0.2) is 0 Å². The SMILES string of the molecule is CNC(C)CNC(=O)c1cccc(OC(F)F)c1.Cl. The molecule has 19 heavy (non-hydrogen) atoms. The van der Waals surface area contributed by atoms with Gasteiger partial charge in [-0.2, -0.15) is 8.78 Å². The number of likely N-dealkylation sites (N-methyl/N-ethyl adjacent to an activating group) is 1. The topological polar surface area (TPSA) is 50.4 Å². The monoisotopic (exact) mass is 294 g/mol. The molecule has 0 saturated heterocycles. The third-order valence-corrected chi connectivity index (χ3v) is 2.38. The molecule has 0 aliphatic heterocycles. The van der Waals surface area contributed by atoms with Gasteiger partial charge in [-0.1, -0.05) is 6.07 Å². The maximum Gasteiger partial charge on any atom is 0.387 e. The summed E-state index contributed by atoms with van der Waals surface area (Å²) in [7, 11) is 1.79. The second-order valence-corrected chi connectivity index (χ2v) is 3.81. The number of benzene rings is 1. The summed E-state index contributed by atoms with van der Waals surface area (Å²) in [4.78, 5) is 11.7. The van der Waals surface area contributed by atoms with Crippen LogP contribution < -0.4 is 15.4 Å². The lowest BCUT2D eigenvalue weighted by molar-refractivity contribution is -0.0498. The van der Waals surface area contributed by atoms with Crippen molar-refractivity contribution in [1.29, 1.82) is 0 Å². The van der Waals surface area contributed by atoms with Crippen molar-refractivity contribution in [1.82, 2.24) is 10.6 Å². The molecule has 1 rings (SSSR count). The van der Waals surface area contributed by atoms with Gasteiger partial charge in [0.05, 0.1) is 0 Å². The second kappa shape index (κ2) is 8.66. The third-order valence-electron chi connectivity index (χ3n) is 2.38. The fourth-order valence-corrected chi connectivity index (χ4v) is 1.26. The molecule has 0 aliphatic carbocycles. The van der Waals surface area contributed by atoms with E-state index in [1.54, 1.807) is 7.05 Å². The van der Waals surface area contributed by atoms with E-state index in [4.69, 9.17) is 0 Å². The van der Waals surface area contributed by atoms with Crippen molar-refractivity contribution in [2.45, 2.75) is 19.6 Å². The highest BCUT2D eigenvalue weighted by Crippen LogP contribution is 2.15. The summed E-state index contributed by atoms with van der Waals surface area (Å²) in [5, 5.41) is 5.66. The Kier molecular flexibility index (Phi) is 8.02. The quantitative estimate of drug-likeness (QED) is 0.844. The van der Waals surface area contributed by atoms with Crippen LogP contribution in [0.5, 0.6) is 5.75 Å². The largest absolute Gasteiger partial charge is 0.435 e. The molecule has 0 fully saturated rings. The van der Waals surface area contributed by atoms with Crippen LogP contribution in [0.15, 0.2) is 24.3 Å². The average Bonchev–Trinajstić information content (AvgIpc) is 2.35. The van der Waals surface area contributed by atoms with Crippen LogP contribution in [0.3, 0.4) is 0 Å². The normalized spacial score (nSPS) is 11.6. The molecule has 0 aromatic heterocycles. The highest BCUT2D eigenvalue weighted by Gasteiger charge is 2.09. The van der Waals surface area contributed by atoms with Gasteiger partial charge in [-0.25, -0.2) is 0 Å². The summed E-state index contributed by atoms with van der Waals surface area (Å²) < 4.78 is 28.3. The van der Waals surface area contributed by atoms with Crippen LogP contribution in [0.2, 0.25) is 0 Å². The average molecular weight is 295 g/mol. The minimum Gasteiger partial charge on any atom is -0.435 e. The van der Waals surface area contributed by atoms with Crippen LogP contribution in [-0.2, 0) is 0 Å². The lowest BCUT2D eigenvalue weighted by Gasteiger charge is -2.12. The number of halogens is 3. The van der Waals surface area contributed by atoms with E-state index in [0.29, 0.717) is 6.54 Å². The summed E-state index contributed by atoms with van der Waals surface area (Å²) >= 11 is 0. The van der Waals surface area contributed by atoms with E-state index < -0.39 is 6.61 Å². The summed E-state index contributed by atoms with van der Waals surface area (Å²) in [6, 6.07) is 5.82. The predicted octanol–water partition coefficient (Wildman–Crippen LogP) is 2.05. The highest BCUT2D eigenvalue weighted by atomic mass is 35.5. The molecule has 0 heterocycles. The number of amides is 1. The molecule has 4 nitrogen and oxygen atoms in total. The van der Waals surface area contributed by atoms with Crippen molar-refractivity contribution in [3.63, 3.8) is 0 Å². The van der Waals surface area contributed by atoms with Gasteiger partial charge in [0.2, 0.25) is 0 Å². The molecule has 0 aliphatic rings. The van der Waals surface area contributed by atoms with Crippen molar-refractivity contribution in [3.8, 4) is 5.75 Å². The number of carbonyl (C=O) groups excluding carboxylic acids is 1. The first-order chi connectivity index (χ1) is 8.52. The van der Waals surface area contributed by atoms with Gasteiger partial charge in [-0.05, 0) is 32.2 Å². The molecular formula is C12H17ClF2N2O2. The molecule has 0 radical (unpaired) electrons. The smallest absolute Gasteiger partial charge is 0.387 e. The van der Waals surface area contributed by atoms with Crippen molar-refractivity contribution in [2.24, 2.45) is 0 Å². The Bertz CT molecular complexity index is 405. The Morgan fingerprint density at radius 1 is 1.42 bits per heavy atom. The molecular weight excluding hydrogens is 278 g/mol. The molecule has 1 atom stereocenters. The third kappa shape index (κ3) is 6.35. The van der Waals surface area contributed by atoms with Gasteiger partial charge < -0.3 is 15.4 Å². The summed E-state index contributed by atoms with van der Waals surface area (Å²) in [6.07, 6.45) is 0. The molecule has 1 unspecified atom stereocenters. The summed E-state index contributed by atoms with van der Waals surface area (Å²) in [6.45, 7) is -0.529. The summed E-state index contributed by atoms with van der Waals surface area (Å²) in [5.41, 5.74) is 0.288. The molecule has 0 bridgehead atoms. The van der Waals surface area contributed by atoms with Crippen LogP contribution in [0.4, 0.5) is 8.78 Å². The molecule has 1 aromatic rings. The van der Waals surface area contributed by atoms with Crippen LogP contribution in [0, 0.1) is 0 Å². The highest BCUT2D eigenvalue weighted by molar-refractivity contribution is 5.94. The lowest BCUT2D eigenvalue weighted by atomic mass is 10.2. The molecule has 0 saturated carbocycles. The molecule has 0 spiro atoms. The van der Waals surface area contributed by atoms with E-state index >= 15 is 0 Å². The number of hydrogen-bond donors (Lipinski definition) is 2. The molecule has 108 valence electrons. The fraction of sp³-hybridized carbons (Fsp3) is 0.417. The number of hydrogen-bond acceptors (Lipinski definition) is 3. The van der Waals surface area contributed by atoms with Crippen LogP contribution in [0.1, 0.15) is 17.3 Å². The standard InChI is InChI=1S/C12H16F2N2O2.ClH/c1-8(15-2)7-16-11(17)9-4-3-5-10(6-9)18-12(13)14;/h3-6,8,12,15H,7H2,1-2H3,(H,16,17);1H. The van der Waals surface area contributed by atoms with Crippen molar-refractivity contribution >= 4 is 18.3 Å². The van der Waals surface area contributed by atoms with Crippen molar-refractivity contribution in [2.75, 3.05) is 13.6 Å². The maximum atomic E-state index is 12.0. The van der Waals surface area contributed by atoms with Gasteiger partial charge >= 0.3 is 6.61 Å². The second-order valence-electron chi connectivity index (χ2n) is 3.81.